The Morgan fingerprint density at radius 1 is 1.30 bits per heavy atom. The fourth-order valence-electron chi connectivity index (χ4n) is 2.78. The molecular weight excluding hydrogens is 286 g/mol. The Kier molecular flexibility index (Phi) is 4.40. The van der Waals surface area contributed by atoms with Crippen LogP contribution in [0.2, 0.25) is 0 Å². The molecular formula is C19H19N3O. The minimum Gasteiger partial charge on any atom is -0.388 e. The summed E-state index contributed by atoms with van der Waals surface area (Å²) >= 11 is 0. The lowest BCUT2D eigenvalue weighted by Crippen LogP contribution is -2.06. The van der Waals surface area contributed by atoms with Crippen LogP contribution >= 0.6 is 0 Å². The van der Waals surface area contributed by atoms with E-state index in [4.69, 9.17) is 4.74 Å². The molecule has 1 N–H and O–H groups in total. The van der Waals surface area contributed by atoms with Crippen LogP contribution in [0.15, 0.2) is 36.5 Å². The SMILES string of the molecule is CNc1ccc(C)c(-c2cnc(C3=CCOCC3)c(C#N)c2)c1. The van der Waals surface area contributed by atoms with Gasteiger partial charge < -0.3 is 10.1 Å². The zero-order valence-electron chi connectivity index (χ0n) is 13.4. The summed E-state index contributed by atoms with van der Waals surface area (Å²) in [7, 11) is 1.90. The summed E-state index contributed by atoms with van der Waals surface area (Å²) in [6.45, 7) is 3.34. The minimum atomic E-state index is 0.590. The summed E-state index contributed by atoms with van der Waals surface area (Å²) < 4.78 is 5.33. The van der Waals surface area contributed by atoms with Crippen molar-refractivity contribution in [2.45, 2.75) is 13.3 Å². The molecule has 0 saturated heterocycles. The van der Waals surface area contributed by atoms with Crippen LogP contribution in [0.1, 0.15) is 23.2 Å². The summed E-state index contributed by atoms with van der Waals surface area (Å²) in [5.74, 6) is 0. The first-order chi connectivity index (χ1) is 11.2. The van der Waals surface area contributed by atoms with Crippen LogP contribution in [-0.2, 0) is 4.74 Å². The molecule has 0 atom stereocenters. The number of aromatic nitrogens is 1. The van der Waals surface area contributed by atoms with Gasteiger partial charge in [-0.15, -0.1) is 0 Å². The van der Waals surface area contributed by atoms with Gasteiger partial charge in [0.15, 0.2) is 0 Å². The first-order valence-electron chi connectivity index (χ1n) is 7.69. The molecule has 0 fully saturated rings. The van der Waals surface area contributed by atoms with Gasteiger partial charge in [0.1, 0.15) is 6.07 Å². The van der Waals surface area contributed by atoms with E-state index in [1.165, 1.54) is 0 Å². The topological polar surface area (TPSA) is 57.9 Å². The second-order valence-electron chi connectivity index (χ2n) is 5.57. The van der Waals surface area contributed by atoms with Crippen molar-refractivity contribution in [2.75, 3.05) is 25.6 Å². The zero-order chi connectivity index (χ0) is 16.2. The Morgan fingerprint density at radius 2 is 2.17 bits per heavy atom. The number of hydrogen-bond acceptors (Lipinski definition) is 4. The van der Waals surface area contributed by atoms with Gasteiger partial charge in [-0.25, -0.2) is 0 Å². The first kappa shape index (κ1) is 15.3. The van der Waals surface area contributed by atoms with Crippen molar-refractivity contribution in [2.24, 2.45) is 0 Å². The van der Waals surface area contributed by atoms with E-state index in [1.54, 1.807) is 0 Å². The number of rotatable bonds is 3. The smallest absolute Gasteiger partial charge is 0.101 e. The first-order valence-corrected chi connectivity index (χ1v) is 7.69. The largest absolute Gasteiger partial charge is 0.388 e. The fraction of sp³-hybridized carbons (Fsp3) is 0.263. The van der Waals surface area contributed by atoms with Gasteiger partial charge in [-0.3, -0.25) is 4.98 Å². The Balaban J connectivity index is 2.06. The van der Waals surface area contributed by atoms with Gasteiger partial charge in [-0.1, -0.05) is 12.1 Å². The number of pyridine rings is 1. The molecule has 4 nitrogen and oxygen atoms in total. The quantitative estimate of drug-likeness (QED) is 0.937. The maximum Gasteiger partial charge on any atom is 0.101 e. The number of ether oxygens (including phenoxy) is 1. The number of hydrogen-bond donors (Lipinski definition) is 1. The molecule has 2 heterocycles. The molecule has 1 aliphatic heterocycles. The molecule has 1 aliphatic rings. The molecule has 0 amide bonds. The molecule has 3 rings (SSSR count). The van der Waals surface area contributed by atoms with Crippen LogP contribution in [0.3, 0.4) is 0 Å². The second kappa shape index (κ2) is 6.64. The van der Waals surface area contributed by atoms with E-state index in [1.807, 2.05) is 31.5 Å². The van der Waals surface area contributed by atoms with Crippen molar-refractivity contribution in [3.8, 4) is 17.2 Å². The van der Waals surface area contributed by atoms with Crippen molar-refractivity contribution >= 4 is 11.3 Å². The number of benzene rings is 1. The second-order valence-corrected chi connectivity index (χ2v) is 5.57. The molecule has 23 heavy (non-hydrogen) atoms. The summed E-state index contributed by atoms with van der Waals surface area (Å²) in [5.41, 5.74) is 6.75. The number of nitrogens with zero attached hydrogens (tertiary/aromatic N) is 2. The average molecular weight is 305 g/mol. The molecule has 0 saturated carbocycles. The van der Waals surface area contributed by atoms with E-state index >= 15 is 0 Å². The number of nitrogens with one attached hydrogen (secondary N) is 1. The molecule has 0 radical (unpaired) electrons. The monoisotopic (exact) mass is 305 g/mol. The minimum absolute atomic E-state index is 0.590. The third-order valence-electron chi connectivity index (χ3n) is 4.11. The Morgan fingerprint density at radius 3 is 2.87 bits per heavy atom. The van der Waals surface area contributed by atoms with E-state index < -0.39 is 0 Å². The summed E-state index contributed by atoms with van der Waals surface area (Å²) in [6.07, 6.45) is 4.67. The van der Waals surface area contributed by atoms with Crippen LogP contribution < -0.4 is 5.32 Å². The fourth-order valence-corrected chi connectivity index (χ4v) is 2.78. The van der Waals surface area contributed by atoms with Crippen LogP contribution in [0, 0.1) is 18.3 Å². The lowest BCUT2D eigenvalue weighted by atomic mass is 9.97. The maximum atomic E-state index is 9.53. The highest BCUT2D eigenvalue weighted by Crippen LogP contribution is 2.30. The molecule has 0 unspecified atom stereocenters. The van der Waals surface area contributed by atoms with Crippen LogP contribution in [0.25, 0.3) is 16.7 Å². The third-order valence-corrected chi connectivity index (χ3v) is 4.11. The van der Waals surface area contributed by atoms with Crippen molar-refractivity contribution < 1.29 is 4.74 Å². The lowest BCUT2D eigenvalue weighted by Gasteiger charge is -2.15. The maximum absolute atomic E-state index is 9.53. The van der Waals surface area contributed by atoms with E-state index in [2.05, 4.69) is 35.4 Å². The number of anilines is 1. The Bertz CT molecular complexity index is 803. The highest BCUT2D eigenvalue weighted by Gasteiger charge is 2.14. The van der Waals surface area contributed by atoms with Gasteiger partial charge in [0.05, 0.1) is 24.5 Å². The molecule has 0 spiro atoms. The Labute approximate surface area is 136 Å². The Hall–Kier alpha value is -2.64. The summed E-state index contributed by atoms with van der Waals surface area (Å²) in [4.78, 5) is 4.58. The molecule has 1 aromatic heterocycles. The van der Waals surface area contributed by atoms with Crippen molar-refractivity contribution in [1.82, 2.24) is 4.98 Å². The van der Waals surface area contributed by atoms with Crippen LogP contribution in [0.4, 0.5) is 5.69 Å². The molecule has 4 heteroatoms. The van der Waals surface area contributed by atoms with E-state index in [0.29, 0.717) is 18.8 Å². The van der Waals surface area contributed by atoms with E-state index in [0.717, 1.165) is 40.1 Å². The van der Waals surface area contributed by atoms with E-state index in [-0.39, 0.29) is 0 Å². The molecule has 2 aromatic rings. The lowest BCUT2D eigenvalue weighted by molar-refractivity contribution is 0.161. The molecule has 0 aliphatic carbocycles. The van der Waals surface area contributed by atoms with Gasteiger partial charge in [-0.2, -0.15) is 5.26 Å². The summed E-state index contributed by atoms with van der Waals surface area (Å²) in [5, 5.41) is 12.7. The van der Waals surface area contributed by atoms with Crippen LogP contribution in [0.5, 0.6) is 0 Å². The average Bonchev–Trinajstić information content (AvgIpc) is 2.62. The van der Waals surface area contributed by atoms with E-state index in [9.17, 15) is 5.26 Å². The van der Waals surface area contributed by atoms with Crippen LogP contribution in [-0.4, -0.2) is 25.2 Å². The van der Waals surface area contributed by atoms with Crippen molar-refractivity contribution in [1.29, 1.82) is 5.26 Å². The molecule has 0 bridgehead atoms. The van der Waals surface area contributed by atoms with Gasteiger partial charge >= 0.3 is 0 Å². The third kappa shape index (κ3) is 3.10. The summed E-state index contributed by atoms with van der Waals surface area (Å²) in [6, 6.07) is 10.4. The highest BCUT2D eigenvalue weighted by molar-refractivity contribution is 5.75. The van der Waals surface area contributed by atoms with Crippen molar-refractivity contribution in [3.05, 3.63) is 53.4 Å². The zero-order valence-corrected chi connectivity index (χ0v) is 13.4. The molecule has 1 aromatic carbocycles. The predicted molar refractivity (Wildman–Crippen MR) is 92.1 cm³/mol. The van der Waals surface area contributed by atoms with Gasteiger partial charge in [0.2, 0.25) is 0 Å². The standard InChI is InChI=1S/C19H19N3O/c1-13-3-4-17(21-2)10-18(13)16-9-15(11-20)19(22-12-16)14-5-7-23-8-6-14/h3-5,9-10,12,21H,6-8H2,1-2H3. The number of nitriles is 1. The normalized spacial score (nSPS) is 14.0. The predicted octanol–water partition coefficient (Wildman–Crippen LogP) is 3.77. The van der Waals surface area contributed by atoms with Gasteiger partial charge in [-0.05, 0) is 48.2 Å². The highest BCUT2D eigenvalue weighted by atomic mass is 16.5. The number of aryl methyl sites for hydroxylation is 1. The van der Waals surface area contributed by atoms with Gasteiger partial charge in [0, 0.05) is 24.5 Å². The van der Waals surface area contributed by atoms with Crippen molar-refractivity contribution in [3.63, 3.8) is 0 Å². The molecule has 116 valence electrons. The van der Waals surface area contributed by atoms with Gasteiger partial charge in [0.25, 0.3) is 0 Å².